The molecule has 2 amide bonds. The van der Waals surface area contributed by atoms with Crippen LogP contribution in [0.1, 0.15) is 43.8 Å². The van der Waals surface area contributed by atoms with Crippen molar-refractivity contribution < 1.29 is 9.59 Å². The normalized spacial score (nSPS) is 25.3. The monoisotopic (exact) mass is 302 g/mol. The Hall–Kier alpha value is -1.85. The van der Waals surface area contributed by atoms with Crippen molar-refractivity contribution in [1.29, 1.82) is 0 Å². The van der Waals surface area contributed by atoms with Gasteiger partial charge in [-0.1, -0.05) is 6.42 Å². The molecule has 118 valence electrons. The van der Waals surface area contributed by atoms with Crippen LogP contribution in [0.4, 0.5) is 0 Å². The van der Waals surface area contributed by atoms with E-state index in [1.807, 2.05) is 20.5 Å². The van der Waals surface area contributed by atoms with Crippen molar-refractivity contribution in [2.45, 2.75) is 44.7 Å². The highest BCUT2D eigenvalue weighted by Crippen LogP contribution is 2.31. The molecule has 2 aliphatic heterocycles. The lowest BCUT2D eigenvalue weighted by Crippen LogP contribution is -2.48. The zero-order valence-electron chi connectivity index (χ0n) is 12.8. The molecule has 0 unspecified atom stereocenters. The number of hydrogen-bond acceptors (Lipinski definition) is 3. The average molecular weight is 302 g/mol. The molecule has 3 aliphatic rings. The molecule has 3 heterocycles. The summed E-state index contributed by atoms with van der Waals surface area (Å²) in [6.07, 6.45) is 6.64. The van der Waals surface area contributed by atoms with Crippen molar-refractivity contribution in [3.05, 3.63) is 18.0 Å². The summed E-state index contributed by atoms with van der Waals surface area (Å²) in [6, 6.07) is 2.07. The van der Waals surface area contributed by atoms with Gasteiger partial charge in [0.1, 0.15) is 0 Å². The first-order chi connectivity index (χ1) is 10.7. The van der Waals surface area contributed by atoms with Gasteiger partial charge in [0.2, 0.25) is 11.8 Å². The van der Waals surface area contributed by atoms with E-state index in [0.717, 1.165) is 31.5 Å². The molecule has 22 heavy (non-hydrogen) atoms. The van der Waals surface area contributed by atoms with E-state index in [-0.39, 0.29) is 23.8 Å². The summed E-state index contributed by atoms with van der Waals surface area (Å²) < 4.78 is 2.01. The van der Waals surface area contributed by atoms with Gasteiger partial charge in [0, 0.05) is 38.2 Å². The minimum absolute atomic E-state index is 0.0878. The maximum absolute atomic E-state index is 12.6. The summed E-state index contributed by atoms with van der Waals surface area (Å²) >= 11 is 0. The fourth-order valence-electron chi connectivity index (χ4n) is 3.76. The lowest BCUT2D eigenvalue weighted by atomic mass is 9.84. The molecule has 6 heteroatoms. The Bertz CT molecular complexity index is 593. The molecule has 2 fully saturated rings. The van der Waals surface area contributed by atoms with Gasteiger partial charge in [-0.05, 0) is 25.3 Å². The van der Waals surface area contributed by atoms with E-state index in [9.17, 15) is 9.59 Å². The molecule has 4 rings (SSSR count). The third kappa shape index (κ3) is 2.30. The number of nitrogens with zero attached hydrogens (tertiary/aromatic N) is 4. The van der Waals surface area contributed by atoms with Gasteiger partial charge in [0.25, 0.3) is 0 Å². The molecule has 0 aromatic carbocycles. The van der Waals surface area contributed by atoms with Crippen molar-refractivity contribution in [3.63, 3.8) is 0 Å². The van der Waals surface area contributed by atoms with E-state index in [4.69, 9.17) is 0 Å². The first-order valence-corrected chi connectivity index (χ1v) is 8.31. The van der Waals surface area contributed by atoms with Crippen LogP contribution in [0.25, 0.3) is 0 Å². The fraction of sp³-hybridized carbons (Fsp3) is 0.688. The first kappa shape index (κ1) is 13.8. The molecule has 0 spiro atoms. The zero-order chi connectivity index (χ0) is 15.1. The van der Waals surface area contributed by atoms with Crippen LogP contribution in [-0.2, 0) is 16.1 Å². The van der Waals surface area contributed by atoms with Crippen LogP contribution in [0.3, 0.4) is 0 Å². The molecule has 1 aliphatic carbocycles. The smallest absolute Gasteiger partial charge is 0.226 e. The van der Waals surface area contributed by atoms with Crippen LogP contribution in [-0.4, -0.2) is 51.0 Å². The fourth-order valence-corrected chi connectivity index (χ4v) is 3.76. The van der Waals surface area contributed by atoms with E-state index >= 15 is 0 Å². The topological polar surface area (TPSA) is 58.4 Å². The Kier molecular flexibility index (Phi) is 3.39. The minimum atomic E-state index is 0.0878. The largest absolute Gasteiger partial charge is 0.340 e. The van der Waals surface area contributed by atoms with Crippen molar-refractivity contribution >= 4 is 11.8 Å². The van der Waals surface area contributed by atoms with Gasteiger partial charge >= 0.3 is 0 Å². The van der Waals surface area contributed by atoms with E-state index in [1.54, 1.807) is 6.20 Å². The van der Waals surface area contributed by atoms with Crippen molar-refractivity contribution in [1.82, 2.24) is 19.6 Å². The Morgan fingerprint density at radius 2 is 2.18 bits per heavy atom. The molecular weight excluding hydrogens is 280 g/mol. The second-order valence-corrected chi connectivity index (χ2v) is 6.71. The van der Waals surface area contributed by atoms with Crippen LogP contribution in [0, 0.1) is 5.92 Å². The number of carbonyl (C=O) groups is 2. The van der Waals surface area contributed by atoms with Gasteiger partial charge in [-0.2, -0.15) is 5.10 Å². The standard InChI is InChI=1S/C16H22N4O2/c21-15-5-2-8-18(15)10-14-11-19(16(22)12-3-1-4-12)9-13-6-7-17-20(13)14/h6-7,12,14H,1-5,8-11H2/t14-/m0/s1. The summed E-state index contributed by atoms with van der Waals surface area (Å²) in [7, 11) is 0. The average Bonchev–Trinajstić information content (AvgIpc) is 3.06. The highest BCUT2D eigenvalue weighted by atomic mass is 16.2. The number of rotatable bonds is 3. The number of fused-ring (bicyclic) bond motifs is 1. The summed E-state index contributed by atoms with van der Waals surface area (Å²) in [5, 5.41) is 4.42. The summed E-state index contributed by atoms with van der Waals surface area (Å²) in [5.41, 5.74) is 1.08. The van der Waals surface area contributed by atoms with Gasteiger partial charge in [-0.3, -0.25) is 14.3 Å². The third-order valence-electron chi connectivity index (χ3n) is 5.25. The van der Waals surface area contributed by atoms with Gasteiger partial charge in [-0.15, -0.1) is 0 Å². The van der Waals surface area contributed by atoms with Gasteiger partial charge in [0.15, 0.2) is 0 Å². The first-order valence-electron chi connectivity index (χ1n) is 8.31. The Morgan fingerprint density at radius 3 is 2.86 bits per heavy atom. The lowest BCUT2D eigenvalue weighted by molar-refractivity contribution is -0.140. The molecule has 1 aromatic heterocycles. The minimum Gasteiger partial charge on any atom is -0.340 e. The Labute approximate surface area is 130 Å². The summed E-state index contributed by atoms with van der Waals surface area (Å²) in [4.78, 5) is 28.4. The molecule has 0 radical (unpaired) electrons. The van der Waals surface area contributed by atoms with E-state index < -0.39 is 0 Å². The molecule has 1 atom stereocenters. The second kappa shape index (κ2) is 5.41. The highest BCUT2D eigenvalue weighted by Gasteiger charge is 2.35. The molecule has 1 saturated carbocycles. The number of hydrogen-bond donors (Lipinski definition) is 0. The highest BCUT2D eigenvalue weighted by molar-refractivity contribution is 5.80. The SMILES string of the molecule is O=C1CCCN1C[C@H]1CN(C(=O)C2CCC2)Cc2ccnn21. The third-order valence-corrected chi connectivity index (χ3v) is 5.25. The predicted molar refractivity (Wildman–Crippen MR) is 79.8 cm³/mol. The molecule has 1 aromatic rings. The predicted octanol–water partition coefficient (Wildman–Crippen LogP) is 1.19. The maximum Gasteiger partial charge on any atom is 0.226 e. The van der Waals surface area contributed by atoms with Gasteiger partial charge in [0.05, 0.1) is 18.3 Å². The quantitative estimate of drug-likeness (QED) is 0.842. The number of aromatic nitrogens is 2. The molecule has 0 N–H and O–H groups in total. The zero-order valence-corrected chi connectivity index (χ0v) is 12.8. The van der Waals surface area contributed by atoms with E-state index in [1.165, 1.54) is 6.42 Å². The number of carbonyl (C=O) groups excluding carboxylic acids is 2. The number of amides is 2. The maximum atomic E-state index is 12.6. The Morgan fingerprint density at radius 1 is 1.32 bits per heavy atom. The van der Waals surface area contributed by atoms with Crippen molar-refractivity contribution in [3.8, 4) is 0 Å². The van der Waals surface area contributed by atoms with Crippen molar-refractivity contribution in [2.75, 3.05) is 19.6 Å². The van der Waals surface area contributed by atoms with E-state index in [2.05, 4.69) is 5.10 Å². The van der Waals surface area contributed by atoms with Crippen LogP contribution in [0.2, 0.25) is 0 Å². The molecule has 0 bridgehead atoms. The van der Waals surface area contributed by atoms with Crippen molar-refractivity contribution in [2.24, 2.45) is 5.92 Å². The molecule has 1 saturated heterocycles. The van der Waals surface area contributed by atoms with Crippen LogP contribution in [0.5, 0.6) is 0 Å². The van der Waals surface area contributed by atoms with Crippen LogP contribution >= 0.6 is 0 Å². The summed E-state index contributed by atoms with van der Waals surface area (Å²) in [6.45, 7) is 2.83. The number of likely N-dealkylation sites (tertiary alicyclic amines) is 1. The Balaban J connectivity index is 1.52. The molecule has 6 nitrogen and oxygen atoms in total. The second-order valence-electron chi connectivity index (χ2n) is 6.71. The molecular formula is C16H22N4O2. The lowest BCUT2D eigenvalue weighted by Gasteiger charge is -2.38. The van der Waals surface area contributed by atoms with E-state index in [0.29, 0.717) is 26.1 Å². The van der Waals surface area contributed by atoms with Crippen LogP contribution in [0.15, 0.2) is 12.3 Å². The van der Waals surface area contributed by atoms with Crippen LogP contribution < -0.4 is 0 Å². The van der Waals surface area contributed by atoms with Gasteiger partial charge in [-0.25, -0.2) is 0 Å². The van der Waals surface area contributed by atoms with Gasteiger partial charge < -0.3 is 9.80 Å². The summed E-state index contributed by atoms with van der Waals surface area (Å²) in [5.74, 6) is 0.746.